The summed E-state index contributed by atoms with van der Waals surface area (Å²) in [4.78, 5) is 75.8. The summed E-state index contributed by atoms with van der Waals surface area (Å²) < 4.78 is 15.3. The Kier molecular flexibility index (Phi) is 27.8. The van der Waals surface area contributed by atoms with E-state index in [2.05, 4.69) is 40.4 Å². The molecule has 0 aliphatic carbocycles. The topological polar surface area (TPSA) is 352 Å². The molecule has 0 bridgehead atoms. The van der Waals surface area contributed by atoms with Crippen LogP contribution in [0, 0.1) is 0 Å². The average molecular weight is 955 g/mol. The van der Waals surface area contributed by atoms with Gasteiger partial charge in [-0.2, -0.15) is 0 Å². The second-order valence-corrected chi connectivity index (χ2v) is 14.3. The third-order valence-electron chi connectivity index (χ3n) is 9.26. The van der Waals surface area contributed by atoms with E-state index < -0.39 is 35.8 Å². The fourth-order valence-corrected chi connectivity index (χ4v) is 6.28. The molecule has 10 N–H and O–H groups in total. The standard InChI is InChI=1S/2C16H25N5O.3C4H4O4/c2*1-2-22-12-11-21-15-14(6-4-9-18-15)20-16(21)19-13-5-3-8-17-10-7-13;3*5-3(6)1-2-4(7)8/h2*4,6,9,13,17H,2-3,5,7-8,10-12H2,1H3,(H,19,20);3*1-2H,(H,5,6)(H,7,8). The van der Waals surface area contributed by atoms with E-state index in [1.165, 1.54) is 25.7 Å². The number of aromatic nitrogens is 6. The van der Waals surface area contributed by atoms with E-state index in [1.54, 1.807) is 0 Å². The third kappa shape index (κ3) is 24.3. The predicted molar refractivity (Wildman–Crippen MR) is 250 cm³/mol. The highest BCUT2D eigenvalue weighted by atomic mass is 16.5. The SMILES string of the molecule is CCOCCn1c(NC2CCCNCC2)nc2cccnc21.CCOCCn1c(NC2CCCNCC2)nc2cccnc21.O=C(O)C=CC(=O)O.O=C(O)C=CC(=O)O.O=C(O)C=CC(=O)O. The largest absolute Gasteiger partial charge is 0.478 e. The molecule has 68 heavy (non-hydrogen) atoms. The number of hydrogen-bond acceptors (Lipinski definition) is 16. The number of fused-ring (bicyclic) bond motifs is 2. The van der Waals surface area contributed by atoms with Gasteiger partial charge in [0.2, 0.25) is 11.9 Å². The quantitative estimate of drug-likeness (QED) is 0.0505. The minimum atomic E-state index is -1.26. The lowest BCUT2D eigenvalue weighted by molar-refractivity contribution is -0.134. The van der Waals surface area contributed by atoms with Gasteiger partial charge in [-0.1, -0.05) is 0 Å². The molecule has 0 radical (unpaired) electrons. The maximum atomic E-state index is 9.55. The van der Waals surface area contributed by atoms with Crippen molar-refractivity contribution < 1.29 is 68.9 Å². The molecule has 0 saturated carbocycles. The zero-order chi connectivity index (χ0) is 50.1. The Bertz CT molecular complexity index is 2030. The van der Waals surface area contributed by atoms with Crippen molar-refractivity contribution in [3.05, 3.63) is 73.1 Å². The molecule has 2 aliphatic heterocycles. The molecule has 4 aromatic rings. The molecule has 24 nitrogen and oxygen atoms in total. The number of rotatable bonds is 18. The monoisotopic (exact) mass is 954 g/mol. The number of ether oxygens (including phenoxy) is 2. The highest BCUT2D eigenvalue weighted by Crippen LogP contribution is 2.22. The predicted octanol–water partition coefficient (Wildman–Crippen LogP) is 3.18. The fraction of sp³-hybridized carbons (Fsp3) is 0.455. The van der Waals surface area contributed by atoms with E-state index in [1.807, 2.05) is 50.5 Å². The van der Waals surface area contributed by atoms with E-state index in [0.29, 0.717) is 61.8 Å². The van der Waals surface area contributed by atoms with Crippen LogP contribution in [-0.4, -0.2) is 160 Å². The fourth-order valence-electron chi connectivity index (χ4n) is 6.28. The van der Waals surface area contributed by atoms with Gasteiger partial charge in [0.15, 0.2) is 11.3 Å². The normalized spacial score (nSPS) is 15.8. The molecule has 0 spiro atoms. The number of pyridine rings is 2. The molecule has 2 unspecified atom stereocenters. The first-order valence-electron chi connectivity index (χ1n) is 21.8. The zero-order valence-electron chi connectivity index (χ0n) is 38.0. The summed E-state index contributed by atoms with van der Waals surface area (Å²) in [5.74, 6) is -5.71. The molecular weight excluding hydrogens is 893 g/mol. The minimum absolute atomic E-state index is 0.470. The van der Waals surface area contributed by atoms with E-state index in [9.17, 15) is 28.8 Å². The van der Waals surface area contributed by atoms with Crippen molar-refractivity contribution in [1.29, 1.82) is 0 Å². The molecule has 0 aromatic carbocycles. The Hall–Kier alpha value is -7.28. The maximum absolute atomic E-state index is 9.55. The summed E-state index contributed by atoms with van der Waals surface area (Å²) in [5, 5.41) is 61.0. The van der Waals surface area contributed by atoms with Crippen molar-refractivity contribution in [2.45, 2.75) is 77.5 Å². The molecule has 2 aliphatic rings. The van der Waals surface area contributed by atoms with Gasteiger partial charge in [-0.3, -0.25) is 9.13 Å². The number of anilines is 2. The van der Waals surface area contributed by atoms with E-state index >= 15 is 0 Å². The van der Waals surface area contributed by atoms with E-state index in [0.717, 1.165) is 99.5 Å². The summed E-state index contributed by atoms with van der Waals surface area (Å²) in [7, 11) is 0. The number of nitrogens with one attached hydrogen (secondary N) is 4. The first-order valence-corrected chi connectivity index (χ1v) is 21.8. The van der Waals surface area contributed by atoms with Gasteiger partial charge in [-0.25, -0.2) is 48.7 Å². The van der Waals surface area contributed by atoms with Crippen molar-refractivity contribution in [2.24, 2.45) is 0 Å². The molecule has 2 fully saturated rings. The van der Waals surface area contributed by atoms with Crippen molar-refractivity contribution in [3.63, 3.8) is 0 Å². The molecule has 0 amide bonds. The first-order chi connectivity index (χ1) is 32.6. The van der Waals surface area contributed by atoms with Crippen LogP contribution in [0.4, 0.5) is 11.9 Å². The average Bonchev–Trinajstić information content (AvgIpc) is 3.52. The first kappa shape index (κ1) is 56.8. The summed E-state index contributed by atoms with van der Waals surface area (Å²) in [6.45, 7) is 12.8. The zero-order valence-corrected chi connectivity index (χ0v) is 38.0. The Morgan fingerprint density at radius 3 is 1.22 bits per heavy atom. The van der Waals surface area contributed by atoms with Crippen LogP contribution in [-0.2, 0) is 51.3 Å². The summed E-state index contributed by atoms with van der Waals surface area (Å²) in [5.41, 5.74) is 3.73. The Labute approximate surface area is 391 Å². The molecule has 24 heteroatoms. The number of nitrogens with zero attached hydrogens (tertiary/aromatic N) is 6. The van der Waals surface area contributed by atoms with Crippen LogP contribution in [0.2, 0.25) is 0 Å². The lowest BCUT2D eigenvalue weighted by atomic mass is 10.1. The maximum Gasteiger partial charge on any atom is 0.328 e. The van der Waals surface area contributed by atoms with Gasteiger partial charge in [0.1, 0.15) is 11.0 Å². The van der Waals surface area contributed by atoms with Gasteiger partial charge in [-0.05, 0) is 103 Å². The number of aliphatic carboxylic acids is 6. The highest BCUT2D eigenvalue weighted by molar-refractivity contribution is 5.90. The van der Waals surface area contributed by atoms with Crippen LogP contribution in [0.1, 0.15) is 52.4 Å². The van der Waals surface area contributed by atoms with E-state index in [4.69, 9.17) is 50.1 Å². The van der Waals surface area contributed by atoms with Gasteiger partial charge in [-0.15, -0.1) is 0 Å². The Morgan fingerprint density at radius 2 is 0.912 bits per heavy atom. The molecule has 2 atom stereocenters. The summed E-state index contributed by atoms with van der Waals surface area (Å²) >= 11 is 0. The van der Waals surface area contributed by atoms with Crippen molar-refractivity contribution >= 4 is 70.0 Å². The summed E-state index contributed by atoms with van der Waals surface area (Å²) in [6.07, 6.45) is 14.0. The molecule has 2 saturated heterocycles. The lowest BCUT2D eigenvalue weighted by Crippen LogP contribution is -2.24. The van der Waals surface area contributed by atoms with Gasteiger partial charge >= 0.3 is 35.8 Å². The second-order valence-electron chi connectivity index (χ2n) is 14.3. The van der Waals surface area contributed by atoms with Crippen LogP contribution >= 0.6 is 0 Å². The van der Waals surface area contributed by atoms with Gasteiger partial charge in [0.25, 0.3) is 0 Å². The Balaban J connectivity index is 0.000000320. The Morgan fingerprint density at radius 1 is 0.574 bits per heavy atom. The van der Waals surface area contributed by atoms with Crippen LogP contribution in [0.15, 0.2) is 73.1 Å². The third-order valence-corrected chi connectivity index (χ3v) is 9.26. The van der Waals surface area contributed by atoms with Gasteiger partial charge < -0.3 is 61.4 Å². The second kappa shape index (κ2) is 33.2. The molecule has 4 aromatic heterocycles. The lowest BCUT2D eigenvalue weighted by Gasteiger charge is -2.18. The number of carbonyl (C=O) groups is 6. The molecular formula is C44H62N10O14. The smallest absolute Gasteiger partial charge is 0.328 e. The van der Waals surface area contributed by atoms with Crippen LogP contribution in [0.5, 0.6) is 0 Å². The number of carboxylic acid groups (broad SMARTS) is 6. The highest BCUT2D eigenvalue weighted by Gasteiger charge is 2.19. The molecule has 6 rings (SSSR count). The number of carboxylic acids is 6. The number of imidazole rings is 2. The van der Waals surface area contributed by atoms with Crippen molar-refractivity contribution in [3.8, 4) is 0 Å². The number of hydrogen-bond donors (Lipinski definition) is 10. The molecule has 6 heterocycles. The van der Waals surface area contributed by atoms with Gasteiger partial charge in [0.05, 0.1) is 26.3 Å². The van der Waals surface area contributed by atoms with Crippen molar-refractivity contribution in [1.82, 2.24) is 39.7 Å². The minimum Gasteiger partial charge on any atom is -0.478 e. The molecule has 372 valence electrons. The van der Waals surface area contributed by atoms with Crippen LogP contribution < -0.4 is 21.3 Å². The van der Waals surface area contributed by atoms with E-state index in [-0.39, 0.29) is 0 Å². The summed E-state index contributed by atoms with van der Waals surface area (Å²) in [6, 6.07) is 8.83. The van der Waals surface area contributed by atoms with Gasteiger partial charge in [0, 0.05) is 74.1 Å². The van der Waals surface area contributed by atoms with Crippen LogP contribution in [0.25, 0.3) is 22.3 Å². The van der Waals surface area contributed by atoms with Crippen LogP contribution in [0.3, 0.4) is 0 Å². The van der Waals surface area contributed by atoms with Crippen molar-refractivity contribution in [2.75, 3.05) is 63.2 Å².